The molecule has 0 spiro atoms. The second-order valence-electron chi connectivity index (χ2n) is 6.98. The summed E-state index contributed by atoms with van der Waals surface area (Å²) >= 11 is 0. The number of carbonyl (C=O) groups excluding carboxylic acids is 1. The van der Waals surface area contributed by atoms with E-state index in [0.717, 1.165) is 37.4 Å². The average Bonchev–Trinajstić information content (AvgIpc) is 3.31. The predicted octanol–water partition coefficient (Wildman–Crippen LogP) is 3.68. The van der Waals surface area contributed by atoms with Crippen LogP contribution in [0.25, 0.3) is 0 Å². The number of amides is 1. The number of hydrogen-bond acceptors (Lipinski definition) is 3. The summed E-state index contributed by atoms with van der Waals surface area (Å²) < 4.78 is 0. The quantitative estimate of drug-likeness (QED) is 0.926. The molecule has 0 bridgehead atoms. The number of carbonyl (C=O) groups is 1. The summed E-state index contributed by atoms with van der Waals surface area (Å²) in [4.78, 5) is 17.2. The number of nitrogens with zero attached hydrogens (tertiary/aromatic N) is 2. The van der Waals surface area contributed by atoms with Gasteiger partial charge in [0.15, 0.2) is 0 Å². The Hall–Kier alpha value is -2.49. The molecule has 1 N–H and O–H groups in total. The summed E-state index contributed by atoms with van der Waals surface area (Å²) in [5, 5.41) is 3.36. The van der Waals surface area contributed by atoms with Gasteiger partial charge in [-0.05, 0) is 62.1 Å². The van der Waals surface area contributed by atoms with E-state index in [1.54, 1.807) is 0 Å². The lowest BCUT2D eigenvalue weighted by atomic mass is 10.2. The number of nitrogens with one attached hydrogen (secondary N) is 1. The fourth-order valence-electron chi connectivity index (χ4n) is 3.86. The highest BCUT2D eigenvalue weighted by Gasteiger charge is 2.27. The normalized spacial score (nSPS) is 17.5. The van der Waals surface area contributed by atoms with E-state index in [9.17, 15) is 4.79 Å². The van der Waals surface area contributed by atoms with Crippen molar-refractivity contribution in [2.45, 2.75) is 32.2 Å². The number of para-hydroxylation sites is 1. The van der Waals surface area contributed by atoms with E-state index < -0.39 is 0 Å². The Kier molecular flexibility index (Phi) is 4.35. The lowest BCUT2D eigenvalue weighted by molar-refractivity contribution is -0.118. The molecule has 2 aromatic rings. The average molecular weight is 335 g/mol. The van der Waals surface area contributed by atoms with Gasteiger partial charge in [-0.15, -0.1) is 0 Å². The molecule has 1 amide bonds. The number of anilines is 3. The van der Waals surface area contributed by atoms with Gasteiger partial charge in [0.2, 0.25) is 5.91 Å². The third-order valence-corrected chi connectivity index (χ3v) is 5.25. The second-order valence-corrected chi connectivity index (χ2v) is 6.98. The zero-order valence-corrected chi connectivity index (χ0v) is 14.7. The zero-order chi connectivity index (χ0) is 17.2. The number of hydrogen-bond donors (Lipinski definition) is 1. The molecular formula is C21H25N3O. The van der Waals surface area contributed by atoms with Gasteiger partial charge in [-0.3, -0.25) is 4.79 Å². The minimum absolute atomic E-state index is 0.133. The first kappa shape index (κ1) is 16.0. The molecule has 2 aromatic carbocycles. The van der Waals surface area contributed by atoms with Gasteiger partial charge in [-0.1, -0.05) is 18.2 Å². The fraction of sp³-hybridized carbons (Fsp3) is 0.381. The Bertz CT molecular complexity index is 750. The van der Waals surface area contributed by atoms with Crippen molar-refractivity contribution >= 4 is 23.0 Å². The smallest absolute Gasteiger partial charge is 0.249 e. The molecule has 130 valence electrons. The summed E-state index contributed by atoms with van der Waals surface area (Å²) in [6, 6.07) is 16.4. The second kappa shape index (κ2) is 6.79. The van der Waals surface area contributed by atoms with Crippen molar-refractivity contribution in [1.82, 2.24) is 0 Å². The fourth-order valence-corrected chi connectivity index (χ4v) is 3.86. The zero-order valence-electron chi connectivity index (χ0n) is 14.7. The van der Waals surface area contributed by atoms with E-state index in [2.05, 4.69) is 40.5 Å². The van der Waals surface area contributed by atoms with Gasteiger partial charge in [0.05, 0.1) is 0 Å². The van der Waals surface area contributed by atoms with E-state index in [4.69, 9.17) is 0 Å². The molecule has 25 heavy (non-hydrogen) atoms. The lowest BCUT2D eigenvalue weighted by Gasteiger charge is -2.23. The van der Waals surface area contributed by atoms with Crippen LogP contribution < -0.4 is 15.1 Å². The Labute approximate surface area is 149 Å². The summed E-state index contributed by atoms with van der Waals surface area (Å²) in [5.41, 5.74) is 4.59. The third kappa shape index (κ3) is 3.21. The summed E-state index contributed by atoms with van der Waals surface area (Å²) in [5.74, 6) is 0.133. The van der Waals surface area contributed by atoms with Crippen molar-refractivity contribution in [2.75, 3.05) is 34.8 Å². The van der Waals surface area contributed by atoms with Gasteiger partial charge in [0.25, 0.3) is 0 Å². The molecule has 2 aliphatic rings. The highest BCUT2D eigenvalue weighted by molar-refractivity contribution is 6.00. The maximum absolute atomic E-state index is 12.8. The van der Waals surface area contributed by atoms with Crippen LogP contribution in [0.15, 0.2) is 48.5 Å². The molecule has 1 fully saturated rings. The monoisotopic (exact) mass is 335 g/mol. The maximum atomic E-state index is 12.8. The maximum Gasteiger partial charge on any atom is 0.249 e. The Morgan fingerprint density at radius 1 is 1.00 bits per heavy atom. The first-order valence-corrected chi connectivity index (χ1v) is 9.23. The molecule has 0 aliphatic carbocycles. The molecule has 4 rings (SSSR count). The minimum atomic E-state index is -0.246. The van der Waals surface area contributed by atoms with E-state index in [-0.39, 0.29) is 11.9 Å². The first-order valence-electron chi connectivity index (χ1n) is 9.23. The standard InChI is InChI=1S/C21H25N3O/c1-16(21(25)24-15-12-17-6-2-3-7-20(17)24)22-18-8-10-19(11-9-18)23-13-4-5-14-23/h2-3,6-11,16,22H,4-5,12-15H2,1H3/t16-/m0/s1. The SMILES string of the molecule is C[C@H](Nc1ccc(N2CCCC2)cc1)C(=O)N1CCc2ccccc21. The molecule has 1 atom stereocenters. The van der Waals surface area contributed by atoms with Crippen LogP contribution in [-0.2, 0) is 11.2 Å². The molecule has 0 unspecified atom stereocenters. The third-order valence-electron chi connectivity index (χ3n) is 5.25. The summed E-state index contributed by atoms with van der Waals surface area (Å²) in [6.07, 6.45) is 3.50. The van der Waals surface area contributed by atoms with Crippen molar-refractivity contribution in [2.24, 2.45) is 0 Å². The van der Waals surface area contributed by atoms with Gasteiger partial charge in [-0.25, -0.2) is 0 Å². The number of benzene rings is 2. The molecular weight excluding hydrogens is 310 g/mol. The number of fused-ring (bicyclic) bond motifs is 1. The molecule has 0 saturated carbocycles. The molecule has 2 heterocycles. The van der Waals surface area contributed by atoms with Crippen LogP contribution in [-0.4, -0.2) is 31.6 Å². The molecule has 4 nitrogen and oxygen atoms in total. The van der Waals surface area contributed by atoms with Crippen LogP contribution in [0.5, 0.6) is 0 Å². The van der Waals surface area contributed by atoms with E-state index in [1.807, 2.05) is 30.0 Å². The predicted molar refractivity (Wildman–Crippen MR) is 103 cm³/mol. The summed E-state index contributed by atoms with van der Waals surface area (Å²) in [6.45, 7) is 5.02. The van der Waals surface area contributed by atoms with Gasteiger partial charge >= 0.3 is 0 Å². The van der Waals surface area contributed by atoms with Crippen molar-refractivity contribution in [3.05, 3.63) is 54.1 Å². The minimum Gasteiger partial charge on any atom is -0.374 e. The van der Waals surface area contributed by atoms with Crippen molar-refractivity contribution in [1.29, 1.82) is 0 Å². The van der Waals surface area contributed by atoms with E-state index in [1.165, 1.54) is 24.1 Å². The van der Waals surface area contributed by atoms with Gasteiger partial charge in [-0.2, -0.15) is 0 Å². The lowest BCUT2D eigenvalue weighted by Crippen LogP contribution is -2.40. The van der Waals surface area contributed by atoms with Crippen LogP contribution >= 0.6 is 0 Å². The van der Waals surface area contributed by atoms with Crippen LogP contribution in [0.2, 0.25) is 0 Å². The van der Waals surface area contributed by atoms with Crippen LogP contribution in [0, 0.1) is 0 Å². The van der Waals surface area contributed by atoms with E-state index >= 15 is 0 Å². The van der Waals surface area contributed by atoms with Crippen molar-refractivity contribution in [3.8, 4) is 0 Å². The highest BCUT2D eigenvalue weighted by atomic mass is 16.2. The molecule has 4 heteroatoms. The van der Waals surface area contributed by atoms with Crippen molar-refractivity contribution in [3.63, 3.8) is 0 Å². The Balaban J connectivity index is 1.41. The molecule has 0 aromatic heterocycles. The Morgan fingerprint density at radius 2 is 1.72 bits per heavy atom. The topological polar surface area (TPSA) is 35.6 Å². The van der Waals surface area contributed by atoms with Crippen molar-refractivity contribution < 1.29 is 4.79 Å². The van der Waals surface area contributed by atoms with Crippen LogP contribution in [0.4, 0.5) is 17.1 Å². The van der Waals surface area contributed by atoms with Gasteiger partial charge < -0.3 is 15.1 Å². The van der Waals surface area contributed by atoms with Crippen LogP contribution in [0.1, 0.15) is 25.3 Å². The van der Waals surface area contributed by atoms with E-state index in [0.29, 0.717) is 0 Å². The molecule has 1 saturated heterocycles. The Morgan fingerprint density at radius 3 is 2.48 bits per heavy atom. The molecule has 2 aliphatic heterocycles. The number of rotatable bonds is 4. The first-order chi connectivity index (χ1) is 12.2. The summed E-state index contributed by atoms with van der Waals surface area (Å²) in [7, 11) is 0. The van der Waals surface area contributed by atoms with Crippen LogP contribution in [0.3, 0.4) is 0 Å². The highest BCUT2D eigenvalue weighted by Crippen LogP contribution is 2.28. The largest absolute Gasteiger partial charge is 0.374 e. The van der Waals surface area contributed by atoms with Gasteiger partial charge in [0, 0.05) is 36.7 Å². The van der Waals surface area contributed by atoms with Gasteiger partial charge in [0.1, 0.15) is 6.04 Å². The molecule has 0 radical (unpaired) electrons.